The Balaban J connectivity index is 1.89. The van der Waals surface area contributed by atoms with Gasteiger partial charge in [0.25, 0.3) is 0 Å². The highest BCUT2D eigenvalue weighted by Gasteiger charge is 2.08. The number of hydrogen-bond acceptors (Lipinski definition) is 4. The summed E-state index contributed by atoms with van der Waals surface area (Å²) < 4.78 is 5.23. The van der Waals surface area contributed by atoms with Gasteiger partial charge in [0, 0.05) is 24.5 Å². The van der Waals surface area contributed by atoms with Crippen LogP contribution in [-0.4, -0.2) is 17.6 Å². The lowest BCUT2D eigenvalue weighted by Crippen LogP contribution is -2.08. The highest BCUT2D eigenvalue weighted by atomic mass is 16.5. The first kappa shape index (κ1) is 13.1. The van der Waals surface area contributed by atoms with Gasteiger partial charge in [-0.25, -0.2) is 4.79 Å². The van der Waals surface area contributed by atoms with Crippen LogP contribution >= 0.6 is 0 Å². The summed E-state index contributed by atoms with van der Waals surface area (Å²) in [6.07, 6.45) is 4.13. The standard InChI is InChI=1S/C15H16N2O2/c1-11-10-13(2-3-14(11)16)15(18)19-9-6-12-4-7-17-8-5-12/h2-5,7-8,10H,6,9,16H2,1H3. The fourth-order valence-electron chi connectivity index (χ4n) is 1.70. The first-order chi connectivity index (χ1) is 9.16. The minimum Gasteiger partial charge on any atom is -0.462 e. The third kappa shape index (κ3) is 3.55. The molecule has 98 valence electrons. The van der Waals surface area contributed by atoms with Crippen molar-refractivity contribution in [2.75, 3.05) is 12.3 Å². The van der Waals surface area contributed by atoms with Crippen LogP contribution in [-0.2, 0) is 11.2 Å². The summed E-state index contributed by atoms with van der Waals surface area (Å²) in [4.78, 5) is 15.8. The Hall–Kier alpha value is -2.36. The van der Waals surface area contributed by atoms with Crippen molar-refractivity contribution in [3.05, 3.63) is 59.4 Å². The zero-order valence-corrected chi connectivity index (χ0v) is 10.8. The number of carbonyl (C=O) groups excluding carboxylic acids is 1. The molecule has 0 amide bonds. The molecule has 1 aromatic heterocycles. The van der Waals surface area contributed by atoms with Crippen molar-refractivity contribution in [1.82, 2.24) is 4.98 Å². The minimum absolute atomic E-state index is 0.322. The number of anilines is 1. The number of hydrogen-bond donors (Lipinski definition) is 1. The summed E-state index contributed by atoms with van der Waals surface area (Å²) in [5.74, 6) is -0.322. The molecule has 0 radical (unpaired) electrons. The van der Waals surface area contributed by atoms with E-state index < -0.39 is 0 Å². The molecule has 2 N–H and O–H groups in total. The number of pyridine rings is 1. The second-order valence-corrected chi connectivity index (χ2v) is 4.31. The fraction of sp³-hybridized carbons (Fsp3) is 0.200. The van der Waals surface area contributed by atoms with E-state index in [4.69, 9.17) is 10.5 Å². The van der Waals surface area contributed by atoms with Gasteiger partial charge in [0.05, 0.1) is 12.2 Å². The Morgan fingerprint density at radius 2 is 2.00 bits per heavy atom. The molecular formula is C15H16N2O2. The molecule has 2 aromatic rings. The molecule has 0 aliphatic rings. The third-order valence-electron chi connectivity index (χ3n) is 2.88. The average Bonchev–Trinajstić information content (AvgIpc) is 2.43. The summed E-state index contributed by atoms with van der Waals surface area (Å²) in [6.45, 7) is 2.22. The van der Waals surface area contributed by atoms with Crippen LogP contribution < -0.4 is 5.73 Å². The molecule has 4 heteroatoms. The highest BCUT2D eigenvalue weighted by Crippen LogP contribution is 2.13. The summed E-state index contributed by atoms with van der Waals surface area (Å²) in [5.41, 5.74) is 8.88. The molecule has 19 heavy (non-hydrogen) atoms. The van der Waals surface area contributed by atoms with Gasteiger partial charge in [-0.2, -0.15) is 0 Å². The van der Waals surface area contributed by atoms with Crippen molar-refractivity contribution in [2.45, 2.75) is 13.3 Å². The third-order valence-corrected chi connectivity index (χ3v) is 2.88. The minimum atomic E-state index is -0.322. The second kappa shape index (κ2) is 6.00. The van der Waals surface area contributed by atoms with E-state index >= 15 is 0 Å². The van der Waals surface area contributed by atoms with Gasteiger partial charge in [-0.15, -0.1) is 0 Å². The summed E-state index contributed by atoms with van der Waals surface area (Å²) in [6, 6.07) is 8.94. The van der Waals surface area contributed by atoms with Crippen molar-refractivity contribution in [1.29, 1.82) is 0 Å². The lowest BCUT2D eigenvalue weighted by molar-refractivity contribution is 0.0509. The smallest absolute Gasteiger partial charge is 0.338 e. The topological polar surface area (TPSA) is 65.2 Å². The van der Waals surface area contributed by atoms with E-state index in [1.165, 1.54) is 0 Å². The Morgan fingerprint density at radius 3 is 2.68 bits per heavy atom. The largest absolute Gasteiger partial charge is 0.462 e. The van der Waals surface area contributed by atoms with E-state index in [0.717, 1.165) is 11.1 Å². The maximum atomic E-state index is 11.8. The molecular weight excluding hydrogens is 240 g/mol. The van der Waals surface area contributed by atoms with Gasteiger partial charge < -0.3 is 10.5 Å². The highest BCUT2D eigenvalue weighted by molar-refractivity contribution is 5.90. The molecule has 4 nitrogen and oxygen atoms in total. The maximum absolute atomic E-state index is 11.8. The van der Waals surface area contributed by atoms with E-state index in [1.54, 1.807) is 30.6 Å². The lowest BCUT2D eigenvalue weighted by Gasteiger charge is -2.06. The molecule has 1 heterocycles. The van der Waals surface area contributed by atoms with E-state index in [2.05, 4.69) is 4.98 Å². The molecule has 0 saturated heterocycles. The predicted octanol–water partition coefficient (Wildman–Crippen LogP) is 2.37. The van der Waals surface area contributed by atoms with Gasteiger partial charge >= 0.3 is 5.97 Å². The van der Waals surface area contributed by atoms with Crippen molar-refractivity contribution < 1.29 is 9.53 Å². The summed E-state index contributed by atoms with van der Waals surface area (Å²) in [7, 11) is 0. The molecule has 0 spiro atoms. The number of rotatable bonds is 4. The normalized spacial score (nSPS) is 10.2. The van der Waals surface area contributed by atoms with Gasteiger partial charge in [-0.1, -0.05) is 0 Å². The van der Waals surface area contributed by atoms with Gasteiger partial charge in [0.1, 0.15) is 0 Å². The Bertz CT molecular complexity index is 568. The molecule has 0 aliphatic heterocycles. The zero-order valence-electron chi connectivity index (χ0n) is 10.8. The number of ether oxygens (including phenoxy) is 1. The Labute approximate surface area is 112 Å². The summed E-state index contributed by atoms with van der Waals surface area (Å²) >= 11 is 0. The number of benzene rings is 1. The molecule has 0 saturated carbocycles. The number of nitrogens with two attached hydrogens (primary N) is 1. The van der Waals surface area contributed by atoms with Crippen LogP contribution in [0.3, 0.4) is 0 Å². The Kier molecular flexibility index (Phi) is 4.13. The zero-order chi connectivity index (χ0) is 13.7. The van der Waals surface area contributed by atoms with Crippen LogP contribution in [0.25, 0.3) is 0 Å². The van der Waals surface area contributed by atoms with Gasteiger partial charge in [-0.3, -0.25) is 4.98 Å². The average molecular weight is 256 g/mol. The maximum Gasteiger partial charge on any atom is 0.338 e. The monoisotopic (exact) mass is 256 g/mol. The van der Waals surface area contributed by atoms with Crippen LogP contribution in [0, 0.1) is 6.92 Å². The van der Waals surface area contributed by atoms with Crippen LogP contribution in [0.1, 0.15) is 21.5 Å². The van der Waals surface area contributed by atoms with Crippen molar-refractivity contribution in [2.24, 2.45) is 0 Å². The van der Waals surface area contributed by atoms with E-state index in [1.807, 2.05) is 19.1 Å². The molecule has 0 atom stereocenters. The number of carbonyl (C=O) groups is 1. The Morgan fingerprint density at radius 1 is 1.26 bits per heavy atom. The molecule has 0 aliphatic carbocycles. The van der Waals surface area contributed by atoms with Crippen molar-refractivity contribution in [3.8, 4) is 0 Å². The van der Waals surface area contributed by atoms with Gasteiger partial charge in [-0.05, 0) is 48.4 Å². The van der Waals surface area contributed by atoms with E-state index in [-0.39, 0.29) is 5.97 Å². The van der Waals surface area contributed by atoms with Crippen LogP contribution in [0.15, 0.2) is 42.7 Å². The predicted molar refractivity (Wildman–Crippen MR) is 73.8 cm³/mol. The number of nitrogens with zero attached hydrogens (tertiary/aromatic N) is 1. The molecule has 0 bridgehead atoms. The molecule has 1 aromatic carbocycles. The summed E-state index contributed by atoms with van der Waals surface area (Å²) in [5, 5.41) is 0. The number of nitrogen functional groups attached to an aromatic ring is 1. The van der Waals surface area contributed by atoms with E-state index in [9.17, 15) is 4.79 Å². The first-order valence-corrected chi connectivity index (χ1v) is 6.09. The van der Waals surface area contributed by atoms with Crippen molar-refractivity contribution >= 4 is 11.7 Å². The number of aromatic nitrogens is 1. The van der Waals surface area contributed by atoms with Gasteiger partial charge in [0.2, 0.25) is 0 Å². The van der Waals surface area contributed by atoms with Crippen LogP contribution in [0.5, 0.6) is 0 Å². The van der Waals surface area contributed by atoms with Gasteiger partial charge in [0.15, 0.2) is 0 Å². The first-order valence-electron chi connectivity index (χ1n) is 6.09. The van der Waals surface area contributed by atoms with Crippen LogP contribution in [0.2, 0.25) is 0 Å². The molecule has 0 unspecified atom stereocenters. The van der Waals surface area contributed by atoms with Crippen molar-refractivity contribution in [3.63, 3.8) is 0 Å². The molecule has 0 fully saturated rings. The van der Waals surface area contributed by atoms with E-state index in [0.29, 0.717) is 24.3 Å². The SMILES string of the molecule is Cc1cc(C(=O)OCCc2ccncc2)ccc1N. The fourth-order valence-corrected chi connectivity index (χ4v) is 1.70. The second-order valence-electron chi connectivity index (χ2n) is 4.31. The lowest BCUT2D eigenvalue weighted by atomic mass is 10.1. The quantitative estimate of drug-likeness (QED) is 0.673. The molecule has 2 rings (SSSR count). The number of esters is 1. The van der Waals surface area contributed by atoms with Crippen LogP contribution in [0.4, 0.5) is 5.69 Å². The number of aryl methyl sites for hydroxylation is 1.